The second kappa shape index (κ2) is 5.87. The number of ether oxygens (including phenoxy) is 2. The SMILES string of the molecule is CCNCCOCC1Cc2ccccc2O1. The van der Waals surface area contributed by atoms with Crippen molar-refractivity contribution in [3.8, 4) is 5.75 Å². The Kier molecular flexibility index (Phi) is 4.19. The van der Waals surface area contributed by atoms with Crippen molar-refractivity contribution in [3.63, 3.8) is 0 Å². The van der Waals surface area contributed by atoms with Gasteiger partial charge in [0.2, 0.25) is 0 Å². The Labute approximate surface area is 96.8 Å². The van der Waals surface area contributed by atoms with Crippen LogP contribution in [0.15, 0.2) is 24.3 Å². The molecular weight excluding hydrogens is 202 g/mol. The number of fused-ring (bicyclic) bond motifs is 1. The monoisotopic (exact) mass is 221 g/mol. The molecule has 2 rings (SSSR count). The van der Waals surface area contributed by atoms with Gasteiger partial charge in [0, 0.05) is 13.0 Å². The van der Waals surface area contributed by atoms with Gasteiger partial charge in [-0.1, -0.05) is 25.1 Å². The lowest BCUT2D eigenvalue weighted by atomic mass is 10.1. The summed E-state index contributed by atoms with van der Waals surface area (Å²) >= 11 is 0. The van der Waals surface area contributed by atoms with E-state index >= 15 is 0 Å². The zero-order valence-electron chi connectivity index (χ0n) is 9.74. The molecule has 88 valence electrons. The fraction of sp³-hybridized carbons (Fsp3) is 0.538. The van der Waals surface area contributed by atoms with Gasteiger partial charge in [-0.15, -0.1) is 0 Å². The van der Waals surface area contributed by atoms with E-state index in [1.54, 1.807) is 0 Å². The normalized spacial score (nSPS) is 18.2. The molecule has 3 heteroatoms. The second-order valence-electron chi connectivity index (χ2n) is 3.98. The first-order chi connectivity index (χ1) is 7.90. The van der Waals surface area contributed by atoms with Gasteiger partial charge in [0.1, 0.15) is 11.9 Å². The largest absolute Gasteiger partial charge is 0.487 e. The Balaban J connectivity index is 1.67. The first-order valence-electron chi connectivity index (χ1n) is 5.93. The molecule has 0 fully saturated rings. The number of hydrogen-bond acceptors (Lipinski definition) is 3. The van der Waals surface area contributed by atoms with Gasteiger partial charge in [-0.3, -0.25) is 0 Å². The molecule has 0 saturated heterocycles. The van der Waals surface area contributed by atoms with E-state index in [0.717, 1.165) is 31.9 Å². The number of benzene rings is 1. The van der Waals surface area contributed by atoms with Crippen LogP contribution in [0, 0.1) is 0 Å². The molecule has 0 bridgehead atoms. The van der Waals surface area contributed by atoms with Crippen molar-refractivity contribution in [2.45, 2.75) is 19.4 Å². The molecule has 1 heterocycles. The van der Waals surface area contributed by atoms with Crippen molar-refractivity contribution in [2.24, 2.45) is 0 Å². The summed E-state index contributed by atoms with van der Waals surface area (Å²) in [5.41, 5.74) is 1.29. The molecule has 16 heavy (non-hydrogen) atoms. The first kappa shape index (κ1) is 11.4. The molecule has 0 aromatic heterocycles. The summed E-state index contributed by atoms with van der Waals surface area (Å²) in [5.74, 6) is 1.02. The molecule has 0 amide bonds. The maximum absolute atomic E-state index is 5.77. The molecule has 1 aromatic rings. The van der Waals surface area contributed by atoms with Gasteiger partial charge in [0.15, 0.2) is 0 Å². The van der Waals surface area contributed by atoms with E-state index in [4.69, 9.17) is 9.47 Å². The highest BCUT2D eigenvalue weighted by Gasteiger charge is 2.21. The minimum atomic E-state index is 0.194. The summed E-state index contributed by atoms with van der Waals surface area (Å²) in [5, 5.41) is 3.22. The summed E-state index contributed by atoms with van der Waals surface area (Å²) in [6.07, 6.45) is 1.16. The van der Waals surface area contributed by atoms with Crippen molar-refractivity contribution in [1.29, 1.82) is 0 Å². The average Bonchev–Trinajstić information content (AvgIpc) is 2.71. The minimum Gasteiger partial charge on any atom is -0.487 e. The van der Waals surface area contributed by atoms with Crippen LogP contribution in [-0.2, 0) is 11.2 Å². The molecule has 1 aromatic carbocycles. The van der Waals surface area contributed by atoms with Crippen LogP contribution in [0.4, 0.5) is 0 Å². The highest BCUT2D eigenvalue weighted by Crippen LogP contribution is 2.27. The van der Waals surface area contributed by atoms with Gasteiger partial charge in [-0.2, -0.15) is 0 Å². The molecule has 0 spiro atoms. The van der Waals surface area contributed by atoms with Gasteiger partial charge in [0.25, 0.3) is 0 Å². The van der Waals surface area contributed by atoms with Crippen LogP contribution in [0.1, 0.15) is 12.5 Å². The molecule has 1 aliphatic heterocycles. The number of nitrogens with one attached hydrogen (secondary N) is 1. The molecule has 0 saturated carbocycles. The molecule has 3 nitrogen and oxygen atoms in total. The maximum Gasteiger partial charge on any atom is 0.126 e. The minimum absolute atomic E-state index is 0.194. The smallest absolute Gasteiger partial charge is 0.126 e. The zero-order chi connectivity index (χ0) is 11.2. The summed E-state index contributed by atoms with van der Waals surface area (Å²) in [6.45, 7) is 5.44. The van der Waals surface area contributed by atoms with Crippen LogP contribution >= 0.6 is 0 Å². The average molecular weight is 221 g/mol. The van der Waals surface area contributed by atoms with Crippen LogP contribution in [0.2, 0.25) is 0 Å². The number of rotatable bonds is 6. The van der Waals surface area contributed by atoms with E-state index in [1.807, 2.05) is 12.1 Å². The lowest BCUT2D eigenvalue weighted by Gasteiger charge is -2.11. The fourth-order valence-corrected chi connectivity index (χ4v) is 1.88. The van der Waals surface area contributed by atoms with Crippen LogP contribution < -0.4 is 10.1 Å². The van der Waals surface area contributed by atoms with E-state index in [1.165, 1.54) is 5.56 Å². The van der Waals surface area contributed by atoms with Crippen molar-refractivity contribution in [1.82, 2.24) is 5.32 Å². The third-order valence-electron chi connectivity index (χ3n) is 2.69. The van der Waals surface area contributed by atoms with E-state index < -0.39 is 0 Å². The van der Waals surface area contributed by atoms with E-state index in [0.29, 0.717) is 6.61 Å². The molecule has 1 N–H and O–H groups in total. The van der Waals surface area contributed by atoms with Crippen molar-refractivity contribution < 1.29 is 9.47 Å². The standard InChI is InChI=1S/C13H19NO2/c1-2-14-7-8-15-10-12-9-11-5-3-4-6-13(11)16-12/h3-6,12,14H,2,7-10H2,1H3. The lowest BCUT2D eigenvalue weighted by Crippen LogP contribution is -2.24. The molecule has 1 atom stereocenters. The molecule has 1 aliphatic rings. The molecule has 0 radical (unpaired) electrons. The molecule has 1 unspecified atom stereocenters. The summed E-state index contributed by atoms with van der Waals surface area (Å²) in [7, 11) is 0. The predicted octanol–water partition coefficient (Wildman–Crippen LogP) is 1.62. The van der Waals surface area contributed by atoms with Crippen LogP contribution in [0.25, 0.3) is 0 Å². The van der Waals surface area contributed by atoms with E-state index in [9.17, 15) is 0 Å². The lowest BCUT2D eigenvalue weighted by molar-refractivity contribution is 0.0622. The summed E-state index contributed by atoms with van der Waals surface area (Å²) in [4.78, 5) is 0. The van der Waals surface area contributed by atoms with Gasteiger partial charge in [0.05, 0.1) is 13.2 Å². The van der Waals surface area contributed by atoms with Gasteiger partial charge in [-0.25, -0.2) is 0 Å². The first-order valence-corrected chi connectivity index (χ1v) is 5.93. The Hall–Kier alpha value is -1.06. The van der Waals surface area contributed by atoms with Gasteiger partial charge >= 0.3 is 0 Å². The zero-order valence-corrected chi connectivity index (χ0v) is 9.74. The quantitative estimate of drug-likeness (QED) is 0.740. The highest BCUT2D eigenvalue weighted by molar-refractivity contribution is 5.37. The third kappa shape index (κ3) is 2.97. The highest BCUT2D eigenvalue weighted by atomic mass is 16.5. The maximum atomic E-state index is 5.77. The number of hydrogen-bond donors (Lipinski definition) is 1. The van der Waals surface area contributed by atoms with Crippen LogP contribution in [0.3, 0.4) is 0 Å². The summed E-state index contributed by atoms with van der Waals surface area (Å²) in [6, 6.07) is 8.20. The van der Waals surface area contributed by atoms with Crippen molar-refractivity contribution >= 4 is 0 Å². The molecule has 0 aliphatic carbocycles. The number of para-hydroxylation sites is 1. The fourth-order valence-electron chi connectivity index (χ4n) is 1.88. The Morgan fingerprint density at radius 1 is 1.44 bits per heavy atom. The topological polar surface area (TPSA) is 30.5 Å². The van der Waals surface area contributed by atoms with Gasteiger partial charge in [-0.05, 0) is 18.2 Å². The predicted molar refractivity (Wildman–Crippen MR) is 63.9 cm³/mol. The van der Waals surface area contributed by atoms with Crippen LogP contribution in [-0.4, -0.2) is 32.4 Å². The van der Waals surface area contributed by atoms with Crippen molar-refractivity contribution in [3.05, 3.63) is 29.8 Å². The van der Waals surface area contributed by atoms with E-state index in [2.05, 4.69) is 24.4 Å². The number of likely N-dealkylation sites (N-methyl/N-ethyl adjacent to an activating group) is 1. The third-order valence-corrected chi connectivity index (χ3v) is 2.69. The Morgan fingerprint density at radius 2 is 2.31 bits per heavy atom. The second-order valence-corrected chi connectivity index (χ2v) is 3.98. The van der Waals surface area contributed by atoms with Gasteiger partial charge < -0.3 is 14.8 Å². The van der Waals surface area contributed by atoms with E-state index in [-0.39, 0.29) is 6.10 Å². The van der Waals surface area contributed by atoms with Crippen molar-refractivity contribution in [2.75, 3.05) is 26.3 Å². The van der Waals surface area contributed by atoms with Crippen LogP contribution in [0.5, 0.6) is 5.75 Å². The Morgan fingerprint density at radius 3 is 3.12 bits per heavy atom. The molecular formula is C13H19NO2. The Bertz CT molecular complexity index is 302. The summed E-state index contributed by atoms with van der Waals surface area (Å²) < 4.78 is 11.3.